The molecule has 0 aromatic rings. The van der Waals surface area contributed by atoms with Crippen LogP contribution in [0, 0.1) is 5.92 Å². The summed E-state index contributed by atoms with van der Waals surface area (Å²) in [7, 11) is 0. The normalized spacial score (nSPS) is 30.5. The van der Waals surface area contributed by atoms with E-state index in [2.05, 4.69) is 5.32 Å². The Morgan fingerprint density at radius 3 is 2.42 bits per heavy atom. The molecule has 1 heterocycles. The molecule has 1 unspecified atom stereocenters. The third-order valence-electron chi connectivity index (χ3n) is 2.55. The SMILES string of the molecule is O=C1NC(=O)C(C2CCCC2)O1. The van der Waals surface area contributed by atoms with Gasteiger partial charge in [0, 0.05) is 5.92 Å². The lowest BCUT2D eigenvalue weighted by Crippen LogP contribution is -2.29. The Balaban J connectivity index is 2.03. The fourth-order valence-electron chi connectivity index (χ4n) is 1.94. The van der Waals surface area contributed by atoms with E-state index < -0.39 is 12.2 Å². The molecule has 66 valence electrons. The van der Waals surface area contributed by atoms with E-state index in [4.69, 9.17) is 4.74 Å². The summed E-state index contributed by atoms with van der Waals surface area (Å²) < 4.78 is 4.86. The Hall–Kier alpha value is -1.06. The number of imide groups is 1. The number of hydrogen-bond donors (Lipinski definition) is 1. The average Bonchev–Trinajstić information content (AvgIpc) is 2.58. The Morgan fingerprint density at radius 2 is 1.92 bits per heavy atom. The maximum absolute atomic E-state index is 11.1. The number of carbonyl (C=O) groups excluding carboxylic acids is 2. The van der Waals surface area contributed by atoms with Gasteiger partial charge in [-0.2, -0.15) is 0 Å². The minimum atomic E-state index is -0.586. The highest BCUT2D eigenvalue weighted by Gasteiger charge is 2.39. The number of carbonyl (C=O) groups is 2. The van der Waals surface area contributed by atoms with Gasteiger partial charge in [0.1, 0.15) is 0 Å². The van der Waals surface area contributed by atoms with E-state index in [1.54, 1.807) is 0 Å². The highest BCUT2D eigenvalue weighted by Crippen LogP contribution is 2.30. The smallest absolute Gasteiger partial charge is 0.414 e. The first-order valence-corrected chi connectivity index (χ1v) is 4.29. The van der Waals surface area contributed by atoms with Crippen molar-refractivity contribution >= 4 is 12.0 Å². The first kappa shape index (κ1) is 7.58. The zero-order valence-corrected chi connectivity index (χ0v) is 6.71. The Labute approximate surface area is 70.3 Å². The van der Waals surface area contributed by atoms with Crippen LogP contribution in [0.2, 0.25) is 0 Å². The summed E-state index contributed by atoms with van der Waals surface area (Å²) in [4.78, 5) is 21.8. The summed E-state index contributed by atoms with van der Waals surface area (Å²) in [5.74, 6) is 0.00310. The number of amides is 2. The number of rotatable bonds is 1. The van der Waals surface area contributed by atoms with Gasteiger partial charge in [0.05, 0.1) is 0 Å². The number of alkyl carbamates (subject to hydrolysis) is 1. The maximum Gasteiger partial charge on any atom is 0.414 e. The molecule has 2 fully saturated rings. The first-order valence-electron chi connectivity index (χ1n) is 4.29. The average molecular weight is 169 g/mol. The highest BCUT2D eigenvalue weighted by atomic mass is 16.6. The van der Waals surface area contributed by atoms with Crippen LogP contribution < -0.4 is 5.32 Å². The first-order chi connectivity index (χ1) is 5.77. The van der Waals surface area contributed by atoms with Crippen molar-refractivity contribution in [1.29, 1.82) is 0 Å². The third-order valence-corrected chi connectivity index (χ3v) is 2.55. The van der Waals surface area contributed by atoms with Crippen LogP contribution in [0.4, 0.5) is 4.79 Å². The van der Waals surface area contributed by atoms with E-state index >= 15 is 0 Å². The molecule has 1 saturated carbocycles. The quantitative estimate of drug-likeness (QED) is 0.632. The highest BCUT2D eigenvalue weighted by molar-refractivity contribution is 6.00. The lowest BCUT2D eigenvalue weighted by Gasteiger charge is -2.12. The second-order valence-corrected chi connectivity index (χ2v) is 3.36. The maximum atomic E-state index is 11.1. The van der Waals surface area contributed by atoms with Crippen molar-refractivity contribution in [2.24, 2.45) is 5.92 Å². The van der Waals surface area contributed by atoms with E-state index in [1.165, 1.54) is 0 Å². The molecule has 4 heteroatoms. The van der Waals surface area contributed by atoms with Gasteiger partial charge in [-0.3, -0.25) is 10.1 Å². The minimum absolute atomic E-state index is 0.257. The molecule has 0 radical (unpaired) electrons. The van der Waals surface area contributed by atoms with Crippen molar-refractivity contribution in [2.75, 3.05) is 0 Å². The number of cyclic esters (lactones) is 1. The molecule has 12 heavy (non-hydrogen) atoms. The zero-order chi connectivity index (χ0) is 8.55. The molecule has 1 aliphatic carbocycles. The van der Waals surface area contributed by atoms with Crippen LogP contribution >= 0.6 is 0 Å². The largest absolute Gasteiger partial charge is 0.435 e. The third kappa shape index (κ3) is 1.17. The van der Waals surface area contributed by atoms with E-state index in [9.17, 15) is 9.59 Å². The van der Waals surface area contributed by atoms with E-state index in [-0.39, 0.29) is 11.8 Å². The summed E-state index contributed by atoms with van der Waals surface area (Å²) in [5.41, 5.74) is 0. The summed E-state index contributed by atoms with van der Waals surface area (Å²) in [6, 6.07) is 0. The van der Waals surface area contributed by atoms with Crippen LogP contribution in [0.1, 0.15) is 25.7 Å². The van der Waals surface area contributed by atoms with E-state index in [0.717, 1.165) is 25.7 Å². The van der Waals surface area contributed by atoms with Crippen LogP contribution in [0.3, 0.4) is 0 Å². The molecular weight excluding hydrogens is 158 g/mol. The van der Waals surface area contributed by atoms with Crippen molar-refractivity contribution in [3.63, 3.8) is 0 Å². The van der Waals surface area contributed by atoms with Crippen molar-refractivity contribution in [1.82, 2.24) is 5.32 Å². The standard InChI is InChI=1S/C8H11NO3/c10-7-6(12-8(11)9-7)5-3-1-2-4-5/h5-6H,1-4H2,(H,9,10,11). The number of ether oxygens (including phenoxy) is 1. The van der Waals surface area contributed by atoms with Crippen LogP contribution in [-0.2, 0) is 9.53 Å². The molecule has 0 aromatic carbocycles. The Kier molecular flexibility index (Phi) is 1.75. The summed E-state index contributed by atoms with van der Waals surface area (Å²) in [5, 5.41) is 2.14. The fraction of sp³-hybridized carbons (Fsp3) is 0.750. The Bertz CT molecular complexity index is 220. The molecule has 2 aliphatic rings. The van der Waals surface area contributed by atoms with Crippen molar-refractivity contribution < 1.29 is 14.3 Å². The molecule has 2 amide bonds. The van der Waals surface area contributed by atoms with Gasteiger partial charge in [-0.25, -0.2) is 4.79 Å². The number of hydrogen-bond acceptors (Lipinski definition) is 3. The van der Waals surface area contributed by atoms with Crippen LogP contribution in [0.5, 0.6) is 0 Å². The van der Waals surface area contributed by atoms with Crippen molar-refractivity contribution in [2.45, 2.75) is 31.8 Å². The van der Waals surface area contributed by atoms with Crippen molar-refractivity contribution in [3.05, 3.63) is 0 Å². The second kappa shape index (κ2) is 2.77. The van der Waals surface area contributed by atoms with Gasteiger partial charge in [-0.15, -0.1) is 0 Å². The van der Waals surface area contributed by atoms with Crippen molar-refractivity contribution in [3.8, 4) is 0 Å². The molecular formula is C8H11NO3. The zero-order valence-electron chi connectivity index (χ0n) is 6.71. The molecule has 1 aliphatic heterocycles. The topological polar surface area (TPSA) is 55.4 Å². The predicted octanol–water partition coefficient (Wildman–Crippen LogP) is 0.812. The molecule has 0 bridgehead atoms. The molecule has 1 atom stereocenters. The van der Waals surface area contributed by atoms with Gasteiger partial charge in [0.25, 0.3) is 5.91 Å². The lowest BCUT2D eigenvalue weighted by molar-refractivity contribution is -0.125. The van der Waals surface area contributed by atoms with Crippen LogP contribution in [-0.4, -0.2) is 18.1 Å². The predicted molar refractivity (Wildman–Crippen MR) is 40.4 cm³/mol. The van der Waals surface area contributed by atoms with Gasteiger partial charge in [0.15, 0.2) is 6.10 Å². The van der Waals surface area contributed by atoms with Gasteiger partial charge in [-0.1, -0.05) is 12.8 Å². The van der Waals surface area contributed by atoms with Crippen LogP contribution in [0.15, 0.2) is 0 Å². The van der Waals surface area contributed by atoms with Crippen LogP contribution in [0.25, 0.3) is 0 Å². The molecule has 0 spiro atoms. The van der Waals surface area contributed by atoms with E-state index in [1.807, 2.05) is 0 Å². The number of nitrogens with one attached hydrogen (secondary N) is 1. The fourth-order valence-corrected chi connectivity index (χ4v) is 1.94. The molecule has 0 aromatic heterocycles. The molecule has 2 rings (SSSR count). The van der Waals surface area contributed by atoms with E-state index in [0.29, 0.717) is 0 Å². The van der Waals surface area contributed by atoms with Gasteiger partial charge < -0.3 is 4.74 Å². The van der Waals surface area contributed by atoms with Gasteiger partial charge in [-0.05, 0) is 12.8 Å². The minimum Gasteiger partial charge on any atom is -0.435 e. The van der Waals surface area contributed by atoms with Gasteiger partial charge in [0.2, 0.25) is 0 Å². The summed E-state index contributed by atoms with van der Waals surface area (Å²) in [6.45, 7) is 0. The Morgan fingerprint density at radius 1 is 1.25 bits per heavy atom. The molecule has 1 N–H and O–H groups in total. The lowest BCUT2D eigenvalue weighted by atomic mass is 10.0. The summed E-state index contributed by atoms with van der Waals surface area (Å²) >= 11 is 0. The molecule has 4 nitrogen and oxygen atoms in total. The molecule has 1 saturated heterocycles. The monoisotopic (exact) mass is 169 g/mol. The second-order valence-electron chi connectivity index (χ2n) is 3.36. The summed E-state index contributed by atoms with van der Waals surface area (Å²) in [6.07, 6.45) is 3.21. The van der Waals surface area contributed by atoms with Gasteiger partial charge >= 0.3 is 6.09 Å².